The Morgan fingerprint density at radius 3 is 3.00 bits per heavy atom. The fraction of sp³-hybridized carbons (Fsp3) is 0.533. The van der Waals surface area contributed by atoms with Gasteiger partial charge in [-0.15, -0.1) is 0 Å². The molecule has 1 heterocycles. The van der Waals surface area contributed by atoms with Gasteiger partial charge in [0, 0.05) is 25.6 Å². The van der Waals surface area contributed by atoms with Gasteiger partial charge in [-0.2, -0.15) is 0 Å². The topological polar surface area (TPSA) is 59.6 Å². The smallest absolute Gasteiger partial charge is 0.221 e. The molecule has 1 aliphatic rings. The molecule has 0 bridgehead atoms. The van der Waals surface area contributed by atoms with Crippen LogP contribution >= 0.6 is 0 Å². The third-order valence-corrected chi connectivity index (χ3v) is 3.09. The molecule has 2 rings (SSSR count). The Morgan fingerprint density at radius 1 is 1.40 bits per heavy atom. The van der Waals surface area contributed by atoms with E-state index in [1.165, 1.54) is 0 Å². The zero-order valence-corrected chi connectivity index (χ0v) is 11.6. The Labute approximate surface area is 119 Å². The van der Waals surface area contributed by atoms with Crippen LogP contribution in [0, 0.1) is 0 Å². The van der Waals surface area contributed by atoms with Crippen molar-refractivity contribution in [3.05, 3.63) is 30.3 Å². The van der Waals surface area contributed by atoms with Crippen molar-refractivity contribution in [1.29, 1.82) is 0 Å². The van der Waals surface area contributed by atoms with Crippen LogP contribution < -0.4 is 15.4 Å². The zero-order chi connectivity index (χ0) is 14.0. The first-order valence-electron chi connectivity index (χ1n) is 7.10. The lowest BCUT2D eigenvalue weighted by molar-refractivity contribution is -0.122. The first-order valence-corrected chi connectivity index (χ1v) is 7.10. The Balaban J connectivity index is 1.51. The number of ether oxygens (including phenoxy) is 2. The van der Waals surface area contributed by atoms with E-state index in [0.29, 0.717) is 26.2 Å². The Kier molecular flexibility index (Phi) is 6.34. The van der Waals surface area contributed by atoms with Crippen LogP contribution in [-0.4, -0.2) is 44.9 Å². The summed E-state index contributed by atoms with van der Waals surface area (Å²) in [5.41, 5.74) is 0. The molecule has 1 amide bonds. The summed E-state index contributed by atoms with van der Waals surface area (Å²) < 4.78 is 10.9. The molecule has 1 aromatic carbocycles. The summed E-state index contributed by atoms with van der Waals surface area (Å²) in [6.45, 7) is 3.41. The van der Waals surface area contributed by atoms with Crippen molar-refractivity contribution in [2.24, 2.45) is 0 Å². The minimum Gasteiger partial charge on any atom is -0.494 e. The van der Waals surface area contributed by atoms with Gasteiger partial charge in [-0.05, 0) is 18.6 Å². The molecule has 1 atom stereocenters. The van der Waals surface area contributed by atoms with Crippen molar-refractivity contribution in [3.8, 4) is 5.75 Å². The first-order chi connectivity index (χ1) is 9.84. The summed E-state index contributed by atoms with van der Waals surface area (Å²) in [5.74, 6) is 0.926. The minimum absolute atomic E-state index is 0.0627. The summed E-state index contributed by atoms with van der Waals surface area (Å²) in [6.07, 6.45) is 1.27. The Hall–Kier alpha value is -1.59. The van der Waals surface area contributed by atoms with Crippen LogP contribution in [0.2, 0.25) is 0 Å². The number of para-hydroxylation sites is 1. The van der Waals surface area contributed by atoms with E-state index in [4.69, 9.17) is 9.47 Å². The molecule has 0 saturated carbocycles. The Bertz CT molecular complexity index is 391. The molecule has 1 unspecified atom stereocenters. The van der Waals surface area contributed by atoms with Crippen molar-refractivity contribution >= 4 is 5.91 Å². The van der Waals surface area contributed by atoms with Gasteiger partial charge in [-0.1, -0.05) is 18.2 Å². The zero-order valence-electron chi connectivity index (χ0n) is 11.6. The average molecular weight is 278 g/mol. The molecule has 110 valence electrons. The highest BCUT2D eigenvalue weighted by atomic mass is 16.5. The second kappa shape index (κ2) is 8.55. The van der Waals surface area contributed by atoms with E-state index in [2.05, 4.69) is 10.6 Å². The van der Waals surface area contributed by atoms with Gasteiger partial charge >= 0.3 is 0 Å². The lowest BCUT2D eigenvalue weighted by Gasteiger charge is -2.23. The first kappa shape index (κ1) is 14.8. The molecule has 5 nitrogen and oxygen atoms in total. The molecular weight excluding hydrogens is 256 g/mol. The number of benzene rings is 1. The van der Waals surface area contributed by atoms with E-state index >= 15 is 0 Å². The maximum atomic E-state index is 11.7. The van der Waals surface area contributed by atoms with Crippen LogP contribution in [0.5, 0.6) is 5.75 Å². The highest BCUT2D eigenvalue weighted by Gasteiger charge is 2.16. The maximum Gasteiger partial charge on any atom is 0.221 e. The van der Waals surface area contributed by atoms with E-state index in [1.54, 1.807) is 0 Å². The number of nitrogens with one attached hydrogen (secondary N) is 2. The van der Waals surface area contributed by atoms with Crippen LogP contribution in [-0.2, 0) is 9.53 Å². The number of morpholine rings is 1. The molecule has 0 aliphatic carbocycles. The van der Waals surface area contributed by atoms with Gasteiger partial charge in [-0.25, -0.2) is 0 Å². The predicted molar refractivity (Wildman–Crippen MR) is 76.8 cm³/mol. The SMILES string of the molecule is O=C(CC1COCCN1)NCCCOc1ccccc1. The highest BCUT2D eigenvalue weighted by Crippen LogP contribution is 2.08. The Morgan fingerprint density at radius 2 is 2.25 bits per heavy atom. The quantitative estimate of drug-likeness (QED) is 0.729. The summed E-state index contributed by atoms with van der Waals surface area (Å²) in [7, 11) is 0. The summed E-state index contributed by atoms with van der Waals surface area (Å²) in [6, 6.07) is 9.83. The van der Waals surface area contributed by atoms with E-state index < -0.39 is 0 Å². The maximum absolute atomic E-state index is 11.7. The highest BCUT2D eigenvalue weighted by molar-refractivity contribution is 5.76. The predicted octanol–water partition coefficient (Wildman–Crippen LogP) is 0.950. The van der Waals surface area contributed by atoms with Gasteiger partial charge in [0.1, 0.15) is 5.75 Å². The monoisotopic (exact) mass is 278 g/mol. The molecule has 0 spiro atoms. The molecule has 1 fully saturated rings. The molecule has 1 saturated heterocycles. The molecule has 20 heavy (non-hydrogen) atoms. The number of hydrogen-bond donors (Lipinski definition) is 2. The van der Waals surface area contributed by atoms with Crippen LogP contribution in [0.4, 0.5) is 0 Å². The standard InChI is InChI=1S/C15H22N2O3/c18-15(11-13-12-19-10-8-16-13)17-7-4-9-20-14-5-2-1-3-6-14/h1-3,5-6,13,16H,4,7-12H2,(H,17,18). The van der Waals surface area contributed by atoms with Crippen molar-refractivity contribution in [1.82, 2.24) is 10.6 Å². The van der Waals surface area contributed by atoms with E-state index in [-0.39, 0.29) is 11.9 Å². The normalized spacial score (nSPS) is 18.5. The third kappa shape index (κ3) is 5.59. The summed E-state index contributed by atoms with van der Waals surface area (Å²) in [4.78, 5) is 11.7. The third-order valence-electron chi connectivity index (χ3n) is 3.09. The van der Waals surface area contributed by atoms with Crippen molar-refractivity contribution < 1.29 is 14.3 Å². The van der Waals surface area contributed by atoms with Crippen LogP contribution in [0.3, 0.4) is 0 Å². The number of carbonyl (C=O) groups excluding carboxylic acids is 1. The van der Waals surface area contributed by atoms with Gasteiger partial charge in [0.05, 0.1) is 19.8 Å². The lowest BCUT2D eigenvalue weighted by Crippen LogP contribution is -2.44. The van der Waals surface area contributed by atoms with Gasteiger partial charge in [0.2, 0.25) is 5.91 Å². The summed E-state index contributed by atoms with van der Waals surface area (Å²) in [5, 5.41) is 6.16. The summed E-state index contributed by atoms with van der Waals surface area (Å²) >= 11 is 0. The fourth-order valence-corrected chi connectivity index (χ4v) is 2.05. The molecule has 2 N–H and O–H groups in total. The molecule has 1 aromatic rings. The molecule has 5 heteroatoms. The van der Waals surface area contributed by atoms with E-state index in [1.807, 2.05) is 30.3 Å². The number of hydrogen-bond acceptors (Lipinski definition) is 4. The van der Waals surface area contributed by atoms with Crippen molar-refractivity contribution in [3.63, 3.8) is 0 Å². The molecular formula is C15H22N2O3. The second-order valence-electron chi connectivity index (χ2n) is 4.80. The second-order valence-corrected chi connectivity index (χ2v) is 4.80. The number of amides is 1. The van der Waals surface area contributed by atoms with Gasteiger partial charge in [-0.3, -0.25) is 4.79 Å². The van der Waals surface area contributed by atoms with E-state index in [9.17, 15) is 4.79 Å². The minimum atomic E-state index is 0.0627. The fourth-order valence-electron chi connectivity index (χ4n) is 2.05. The van der Waals surface area contributed by atoms with Crippen LogP contribution in [0.15, 0.2) is 30.3 Å². The number of rotatable bonds is 7. The van der Waals surface area contributed by atoms with Crippen molar-refractivity contribution in [2.75, 3.05) is 32.9 Å². The van der Waals surface area contributed by atoms with Gasteiger partial charge in [0.15, 0.2) is 0 Å². The van der Waals surface area contributed by atoms with Gasteiger partial charge < -0.3 is 20.1 Å². The lowest BCUT2D eigenvalue weighted by atomic mass is 10.2. The molecule has 1 aliphatic heterocycles. The van der Waals surface area contributed by atoms with Crippen molar-refractivity contribution in [2.45, 2.75) is 18.9 Å². The largest absolute Gasteiger partial charge is 0.494 e. The molecule has 0 aromatic heterocycles. The van der Waals surface area contributed by atoms with E-state index in [0.717, 1.165) is 25.3 Å². The number of carbonyl (C=O) groups is 1. The van der Waals surface area contributed by atoms with Crippen LogP contribution in [0.25, 0.3) is 0 Å². The average Bonchev–Trinajstić information content (AvgIpc) is 2.49. The molecule has 0 radical (unpaired) electrons. The van der Waals surface area contributed by atoms with Crippen LogP contribution in [0.1, 0.15) is 12.8 Å². The van der Waals surface area contributed by atoms with Gasteiger partial charge in [0.25, 0.3) is 0 Å².